The van der Waals surface area contributed by atoms with E-state index in [1.165, 1.54) is 5.52 Å². The van der Waals surface area contributed by atoms with Gasteiger partial charge in [-0.1, -0.05) is 51.6 Å². The van der Waals surface area contributed by atoms with Gasteiger partial charge >= 0.3 is 0 Å². The zero-order valence-electron chi connectivity index (χ0n) is 19.6. The van der Waals surface area contributed by atoms with Crippen molar-refractivity contribution in [1.29, 1.82) is 0 Å². The molecule has 0 saturated carbocycles. The quantitative estimate of drug-likeness (QED) is 0.487. The number of aromatic nitrogens is 1. The first kappa shape index (κ1) is 23.6. The Kier molecular flexibility index (Phi) is 6.42. The summed E-state index contributed by atoms with van der Waals surface area (Å²) in [5, 5.41) is 1.29. The molecule has 2 aromatic carbocycles. The van der Waals surface area contributed by atoms with Gasteiger partial charge in [-0.2, -0.15) is 0 Å². The van der Waals surface area contributed by atoms with E-state index in [0.29, 0.717) is 17.9 Å². The molecule has 1 N–H and O–H groups in total. The molecule has 0 amide bonds. The Labute approximate surface area is 187 Å². The molecule has 0 radical (unpaired) electrons. The normalized spacial score (nSPS) is 13.0. The molecule has 3 rings (SSSR count). The van der Waals surface area contributed by atoms with E-state index < -0.39 is 18.3 Å². The number of benzene rings is 2. The number of sulfonamides is 1. The lowest BCUT2D eigenvalue weighted by molar-refractivity contribution is 0.415. The van der Waals surface area contributed by atoms with Crippen molar-refractivity contribution in [3.8, 4) is 5.75 Å². The van der Waals surface area contributed by atoms with Gasteiger partial charge in [-0.25, -0.2) is 13.1 Å². The van der Waals surface area contributed by atoms with Gasteiger partial charge in [0.1, 0.15) is 5.75 Å². The van der Waals surface area contributed by atoms with Crippen LogP contribution in [0.2, 0.25) is 18.1 Å². The number of nitrogens with one attached hydrogen (secondary N) is 1. The van der Waals surface area contributed by atoms with E-state index in [9.17, 15) is 8.42 Å². The van der Waals surface area contributed by atoms with Crippen molar-refractivity contribution in [3.63, 3.8) is 0 Å². The van der Waals surface area contributed by atoms with Gasteiger partial charge in [0.2, 0.25) is 10.0 Å². The molecule has 0 aliphatic rings. The van der Waals surface area contributed by atoms with Gasteiger partial charge in [-0.15, -0.1) is 0 Å². The topological polar surface area (TPSA) is 60.3 Å². The van der Waals surface area contributed by atoms with Crippen molar-refractivity contribution in [2.45, 2.75) is 57.1 Å². The fraction of sp³-hybridized carbons (Fsp3) is 0.417. The Balaban J connectivity index is 1.92. The number of ether oxygens (including phenoxy) is 1. The number of hydrogen-bond acceptors (Lipinski definition) is 3. The zero-order chi connectivity index (χ0) is 23.0. The van der Waals surface area contributed by atoms with Gasteiger partial charge in [0.15, 0.2) is 8.24 Å². The van der Waals surface area contributed by atoms with E-state index in [2.05, 4.69) is 61.1 Å². The third-order valence-corrected chi connectivity index (χ3v) is 13.3. The van der Waals surface area contributed by atoms with E-state index in [0.717, 1.165) is 22.3 Å². The summed E-state index contributed by atoms with van der Waals surface area (Å²) in [5.74, 6) is 0.807. The van der Waals surface area contributed by atoms with E-state index >= 15 is 0 Å². The first-order valence-electron chi connectivity index (χ1n) is 10.6. The van der Waals surface area contributed by atoms with E-state index in [-0.39, 0.29) is 5.04 Å². The standard InChI is InChI=1S/C24H34N2O3SSi/c1-18-8-11-21(12-9-18)30(27,28)25-15-14-19-17-26(31(6,7)24(2,3)4)23-13-10-20(29-5)16-22(19)23/h8-13,16-17,25H,14-15H2,1-7H3. The number of methoxy groups -OCH3 is 1. The van der Waals surface area contributed by atoms with Crippen molar-refractivity contribution in [1.82, 2.24) is 8.95 Å². The molecular weight excluding hydrogens is 424 g/mol. The Hall–Kier alpha value is -2.09. The molecule has 0 unspecified atom stereocenters. The lowest BCUT2D eigenvalue weighted by atomic mass is 10.1. The predicted octanol–water partition coefficient (Wildman–Crippen LogP) is 5.33. The maximum atomic E-state index is 12.7. The molecule has 0 spiro atoms. The first-order chi connectivity index (χ1) is 14.4. The Bertz CT molecular complexity index is 1170. The number of hydrogen-bond donors (Lipinski definition) is 1. The fourth-order valence-electron chi connectivity index (χ4n) is 3.55. The molecule has 0 bridgehead atoms. The third kappa shape index (κ3) is 4.73. The summed E-state index contributed by atoms with van der Waals surface area (Å²) in [7, 11) is -3.71. The Morgan fingerprint density at radius 2 is 1.71 bits per heavy atom. The zero-order valence-corrected chi connectivity index (χ0v) is 21.4. The van der Waals surface area contributed by atoms with Crippen LogP contribution in [0.5, 0.6) is 5.75 Å². The van der Waals surface area contributed by atoms with E-state index in [1.807, 2.05) is 25.1 Å². The summed E-state index contributed by atoms with van der Waals surface area (Å²) in [6, 6.07) is 13.1. The minimum absolute atomic E-state index is 0.170. The van der Waals surface area contributed by atoms with Crippen molar-refractivity contribution < 1.29 is 13.2 Å². The second kappa shape index (κ2) is 8.45. The highest BCUT2D eigenvalue weighted by atomic mass is 32.2. The van der Waals surface area contributed by atoms with Crippen LogP contribution in [0.1, 0.15) is 31.9 Å². The average Bonchev–Trinajstić information content (AvgIpc) is 3.06. The third-order valence-electron chi connectivity index (χ3n) is 6.55. The lowest BCUT2D eigenvalue weighted by Crippen LogP contribution is -2.44. The summed E-state index contributed by atoms with van der Waals surface area (Å²) in [5.41, 5.74) is 3.35. The highest BCUT2D eigenvalue weighted by Crippen LogP contribution is 2.40. The average molecular weight is 459 g/mol. The van der Waals surface area contributed by atoms with Crippen LogP contribution >= 0.6 is 0 Å². The van der Waals surface area contributed by atoms with Gasteiger partial charge in [-0.05, 0) is 60.5 Å². The summed E-state index contributed by atoms with van der Waals surface area (Å²) >= 11 is 0. The minimum Gasteiger partial charge on any atom is -0.497 e. The predicted molar refractivity (Wildman–Crippen MR) is 131 cm³/mol. The van der Waals surface area contributed by atoms with E-state index in [4.69, 9.17) is 4.74 Å². The SMILES string of the molecule is COc1ccc2c(c1)c(CCNS(=O)(=O)c1ccc(C)cc1)cn2[Si](C)(C)C(C)(C)C. The highest BCUT2D eigenvalue weighted by Gasteiger charge is 2.38. The van der Waals surface area contributed by atoms with Crippen LogP contribution in [0.15, 0.2) is 53.6 Å². The van der Waals surface area contributed by atoms with Gasteiger partial charge in [0.25, 0.3) is 0 Å². The van der Waals surface area contributed by atoms with Crippen LogP contribution in [0.4, 0.5) is 0 Å². The molecule has 1 aromatic heterocycles. The summed E-state index contributed by atoms with van der Waals surface area (Å²) in [4.78, 5) is 0.295. The van der Waals surface area contributed by atoms with Crippen LogP contribution in [-0.2, 0) is 16.4 Å². The second-order valence-corrected chi connectivity index (χ2v) is 16.5. The molecule has 1 heterocycles. The Morgan fingerprint density at radius 1 is 1.06 bits per heavy atom. The fourth-order valence-corrected chi connectivity index (χ4v) is 6.58. The monoisotopic (exact) mass is 458 g/mol. The molecule has 7 heteroatoms. The molecule has 5 nitrogen and oxygen atoms in total. The van der Waals surface area contributed by atoms with Gasteiger partial charge < -0.3 is 8.97 Å². The van der Waals surface area contributed by atoms with Crippen LogP contribution in [0.25, 0.3) is 10.9 Å². The molecule has 0 fully saturated rings. The second-order valence-electron chi connectivity index (χ2n) is 9.68. The summed E-state index contributed by atoms with van der Waals surface area (Å²) < 4.78 is 36.0. The molecule has 0 aliphatic carbocycles. The molecule has 0 saturated heterocycles. The van der Waals surface area contributed by atoms with Gasteiger partial charge in [0.05, 0.1) is 12.0 Å². The van der Waals surface area contributed by atoms with Crippen LogP contribution in [0.3, 0.4) is 0 Å². The molecule has 3 aromatic rings. The van der Waals surface area contributed by atoms with Gasteiger partial charge in [-0.3, -0.25) is 0 Å². The van der Waals surface area contributed by atoms with Crippen LogP contribution in [-0.4, -0.2) is 34.5 Å². The largest absolute Gasteiger partial charge is 0.497 e. The maximum Gasteiger partial charge on any atom is 0.240 e. The van der Waals surface area contributed by atoms with Crippen molar-refractivity contribution in [3.05, 3.63) is 59.8 Å². The number of fused-ring (bicyclic) bond motifs is 1. The van der Waals surface area contributed by atoms with E-state index in [1.54, 1.807) is 19.2 Å². The van der Waals surface area contributed by atoms with Crippen molar-refractivity contribution >= 4 is 29.2 Å². The maximum absolute atomic E-state index is 12.7. The lowest BCUT2D eigenvalue weighted by Gasteiger charge is -2.38. The molecule has 0 atom stereocenters. The number of aryl methyl sites for hydroxylation is 1. The number of nitrogens with zero attached hydrogens (tertiary/aromatic N) is 1. The minimum atomic E-state index is -3.53. The highest BCUT2D eigenvalue weighted by molar-refractivity contribution is 7.89. The van der Waals surface area contributed by atoms with Crippen LogP contribution in [0, 0.1) is 6.92 Å². The number of rotatable bonds is 7. The Morgan fingerprint density at radius 3 is 2.29 bits per heavy atom. The smallest absolute Gasteiger partial charge is 0.240 e. The molecular formula is C24H34N2O3SSi. The first-order valence-corrected chi connectivity index (χ1v) is 15.0. The van der Waals surface area contributed by atoms with Gasteiger partial charge in [0, 0.05) is 17.4 Å². The summed E-state index contributed by atoms with van der Waals surface area (Å²) in [6.07, 6.45) is 2.83. The van der Waals surface area contributed by atoms with Crippen molar-refractivity contribution in [2.75, 3.05) is 13.7 Å². The van der Waals surface area contributed by atoms with Crippen molar-refractivity contribution in [2.24, 2.45) is 0 Å². The summed E-state index contributed by atoms with van der Waals surface area (Å²) in [6.45, 7) is 13.9. The molecule has 31 heavy (non-hydrogen) atoms. The molecule has 0 aliphatic heterocycles. The molecule has 168 valence electrons. The van der Waals surface area contributed by atoms with Crippen LogP contribution < -0.4 is 9.46 Å².